The summed E-state index contributed by atoms with van der Waals surface area (Å²) in [5.41, 5.74) is 0.894. The van der Waals surface area contributed by atoms with Crippen LogP contribution in [0.5, 0.6) is 0 Å². The minimum absolute atomic E-state index is 0.00874. The quantitative estimate of drug-likeness (QED) is 0.480. The highest BCUT2D eigenvalue weighted by molar-refractivity contribution is 6.13. The molecule has 1 saturated heterocycles. The first-order valence-corrected chi connectivity index (χ1v) is 7.81. The topological polar surface area (TPSA) is 108 Å². The summed E-state index contributed by atoms with van der Waals surface area (Å²) >= 11 is 0. The predicted molar refractivity (Wildman–Crippen MR) is 90.5 cm³/mol. The average molecular weight is 343 g/mol. The Morgan fingerprint density at radius 2 is 1.88 bits per heavy atom. The number of hydrogen-bond acceptors (Lipinski definition) is 6. The Kier molecular flexibility index (Phi) is 4.46. The van der Waals surface area contributed by atoms with E-state index in [1.54, 1.807) is 23.1 Å². The van der Waals surface area contributed by atoms with Gasteiger partial charge in [-0.1, -0.05) is 0 Å². The number of aliphatic imine (C=N–C) groups is 1. The van der Waals surface area contributed by atoms with Crippen molar-refractivity contribution < 1.29 is 14.5 Å². The monoisotopic (exact) mass is 343 g/mol. The number of nitrogens with one attached hydrogen (secondary N) is 1. The van der Waals surface area contributed by atoms with Crippen LogP contribution in [0.1, 0.15) is 12.5 Å². The molecule has 2 amide bonds. The highest BCUT2D eigenvalue weighted by Crippen LogP contribution is 2.17. The van der Waals surface area contributed by atoms with Gasteiger partial charge in [-0.15, -0.1) is 0 Å². The summed E-state index contributed by atoms with van der Waals surface area (Å²) in [6.45, 7) is 3.92. The minimum atomic E-state index is -0.476. The third-order valence-electron chi connectivity index (χ3n) is 4.12. The molecule has 0 spiro atoms. The van der Waals surface area contributed by atoms with Crippen molar-refractivity contribution in [3.63, 3.8) is 0 Å². The maximum absolute atomic E-state index is 12.1. The van der Waals surface area contributed by atoms with Gasteiger partial charge in [-0.3, -0.25) is 25.0 Å². The predicted octanol–water partition coefficient (Wildman–Crippen LogP) is 0.586. The maximum atomic E-state index is 12.1. The number of nitrogens with zero attached hydrogens (tertiary/aromatic N) is 4. The summed E-state index contributed by atoms with van der Waals surface area (Å²) in [5.74, 6) is 0.194. The molecule has 130 valence electrons. The molecule has 9 heteroatoms. The molecule has 0 atom stereocenters. The fourth-order valence-corrected chi connectivity index (χ4v) is 2.69. The highest BCUT2D eigenvalue weighted by Gasteiger charge is 2.27. The van der Waals surface area contributed by atoms with Gasteiger partial charge in [-0.25, -0.2) is 4.99 Å². The van der Waals surface area contributed by atoms with Gasteiger partial charge in [0.2, 0.25) is 11.9 Å². The van der Waals surface area contributed by atoms with E-state index in [1.165, 1.54) is 19.1 Å². The molecule has 0 saturated carbocycles. The van der Waals surface area contributed by atoms with Crippen molar-refractivity contribution >= 4 is 29.5 Å². The van der Waals surface area contributed by atoms with Gasteiger partial charge < -0.3 is 9.80 Å². The number of piperazine rings is 1. The van der Waals surface area contributed by atoms with Crippen LogP contribution in [0.25, 0.3) is 6.08 Å². The average Bonchev–Trinajstić information content (AvgIpc) is 2.96. The summed E-state index contributed by atoms with van der Waals surface area (Å²) in [6, 6.07) is 5.89. The third kappa shape index (κ3) is 3.65. The van der Waals surface area contributed by atoms with Gasteiger partial charge in [0.15, 0.2) is 0 Å². The van der Waals surface area contributed by atoms with Crippen molar-refractivity contribution in [2.75, 3.05) is 26.2 Å². The van der Waals surface area contributed by atoms with Gasteiger partial charge >= 0.3 is 0 Å². The fraction of sp³-hybridized carbons (Fsp3) is 0.312. The maximum Gasteiger partial charge on any atom is 0.276 e. The molecular formula is C16H17N5O4. The summed E-state index contributed by atoms with van der Waals surface area (Å²) in [5, 5.41) is 13.4. The molecule has 9 nitrogen and oxygen atoms in total. The zero-order valence-corrected chi connectivity index (χ0v) is 13.6. The number of benzene rings is 1. The molecule has 1 N–H and O–H groups in total. The van der Waals surface area contributed by atoms with Crippen LogP contribution in [0, 0.1) is 10.1 Å². The van der Waals surface area contributed by atoms with Crippen LogP contribution >= 0.6 is 0 Å². The Morgan fingerprint density at radius 1 is 1.24 bits per heavy atom. The van der Waals surface area contributed by atoms with Crippen molar-refractivity contribution in [1.82, 2.24) is 15.1 Å². The molecule has 1 fully saturated rings. The number of carbonyl (C=O) groups excluding carboxylic acids is 2. The molecule has 0 radical (unpaired) electrons. The van der Waals surface area contributed by atoms with Gasteiger partial charge in [0.05, 0.1) is 4.92 Å². The largest absolute Gasteiger partial charge is 0.339 e. The summed E-state index contributed by atoms with van der Waals surface area (Å²) in [4.78, 5) is 41.6. The molecule has 3 rings (SSSR count). The van der Waals surface area contributed by atoms with Crippen molar-refractivity contribution in [2.24, 2.45) is 4.99 Å². The van der Waals surface area contributed by atoms with Crippen molar-refractivity contribution in [3.8, 4) is 0 Å². The first-order valence-electron chi connectivity index (χ1n) is 7.81. The standard InChI is InChI=1S/C16H17N5O4/c1-11(22)19-6-8-20(9-7-19)16-17-14(15(23)18-16)10-12-2-4-13(5-3-12)21(24)25/h2-5,10H,6-9H2,1H3,(H,17,18,23)/b14-10-. The molecule has 1 aromatic carbocycles. The van der Waals surface area contributed by atoms with E-state index in [2.05, 4.69) is 10.3 Å². The van der Waals surface area contributed by atoms with Gasteiger partial charge in [-0.2, -0.15) is 0 Å². The number of non-ortho nitro benzene ring substituents is 1. The first-order chi connectivity index (χ1) is 11.9. The lowest BCUT2D eigenvalue weighted by atomic mass is 10.2. The Bertz CT molecular complexity index is 776. The van der Waals surface area contributed by atoms with Gasteiger partial charge in [-0.05, 0) is 23.8 Å². The Labute approximate surface area is 143 Å². The third-order valence-corrected chi connectivity index (χ3v) is 4.12. The molecule has 0 bridgehead atoms. The van der Waals surface area contributed by atoms with Crippen LogP contribution in [0.2, 0.25) is 0 Å². The van der Waals surface area contributed by atoms with Crippen LogP contribution < -0.4 is 5.32 Å². The number of hydrogen-bond donors (Lipinski definition) is 1. The summed E-state index contributed by atoms with van der Waals surface area (Å²) in [6.07, 6.45) is 1.58. The second kappa shape index (κ2) is 6.71. The van der Waals surface area contributed by atoms with E-state index in [1.807, 2.05) is 4.90 Å². The van der Waals surface area contributed by atoms with Crippen molar-refractivity contribution in [3.05, 3.63) is 45.6 Å². The highest BCUT2D eigenvalue weighted by atomic mass is 16.6. The second-order valence-corrected chi connectivity index (χ2v) is 5.76. The molecule has 1 aromatic rings. The Balaban J connectivity index is 1.72. The summed E-state index contributed by atoms with van der Waals surface area (Å²) < 4.78 is 0. The zero-order valence-electron chi connectivity index (χ0n) is 13.6. The number of amides is 2. The lowest BCUT2D eigenvalue weighted by Crippen LogP contribution is -2.52. The van der Waals surface area contributed by atoms with E-state index in [0.29, 0.717) is 37.7 Å². The van der Waals surface area contributed by atoms with Crippen molar-refractivity contribution in [2.45, 2.75) is 6.92 Å². The van der Waals surface area contributed by atoms with E-state index in [4.69, 9.17) is 0 Å². The van der Waals surface area contributed by atoms with Crippen LogP contribution in [-0.2, 0) is 9.59 Å². The molecule has 2 heterocycles. The SMILES string of the molecule is CC(=O)N1CCN(C2=N/C(=C\c3ccc([N+](=O)[O-])cc3)C(=O)N2)CC1. The number of carbonyl (C=O) groups is 2. The number of rotatable bonds is 2. The Morgan fingerprint density at radius 3 is 2.44 bits per heavy atom. The molecule has 0 aliphatic carbocycles. The van der Waals surface area contributed by atoms with Crippen LogP contribution in [0.4, 0.5) is 5.69 Å². The lowest BCUT2D eigenvalue weighted by molar-refractivity contribution is -0.384. The van der Waals surface area contributed by atoms with E-state index in [-0.39, 0.29) is 23.2 Å². The number of nitro benzene ring substituents is 1. The van der Waals surface area contributed by atoms with E-state index < -0.39 is 4.92 Å². The van der Waals surface area contributed by atoms with Crippen LogP contribution in [-0.4, -0.2) is 58.7 Å². The van der Waals surface area contributed by atoms with Gasteiger partial charge in [0, 0.05) is 45.2 Å². The van der Waals surface area contributed by atoms with Crippen LogP contribution in [0.3, 0.4) is 0 Å². The van der Waals surface area contributed by atoms with Crippen LogP contribution in [0.15, 0.2) is 35.0 Å². The number of guanidine groups is 1. The normalized spacial score (nSPS) is 19.0. The number of nitro groups is 1. The van der Waals surface area contributed by atoms with Gasteiger partial charge in [0.1, 0.15) is 5.70 Å². The zero-order chi connectivity index (χ0) is 18.0. The second-order valence-electron chi connectivity index (χ2n) is 5.76. The van der Waals surface area contributed by atoms with E-state index in [9.17, 15) is 19.7 Å². The minimum Gasteiger partial charge on any atom is -0.339 e. The smallest absolute Gasteiger partial charge is 0.276 e. The fourth-order valence-electron chi connectivity index (χ4n) is 2.69. The molecule has 0 unspecified atom stereocenters. The van der Waals surface area contributed by atoms with Gasteiger partial charge in [0.25, 0.3) is 11.6 Å². The van der Waals surface area contributed by atoms with E-state index >= 15 is 0 Å². The summed E-state index contributed by atoms with van der Waals surface area (Å²) in [7, 11) is 0. The molecular weight excluding hydrogens is 326 g/mol. The molecule has 2 aliphatic rings. The van der Waals surface area contributed by atoms with Crippen molar-refractivity contribution in [1.29, 1.82) is 0 Å². The molecule has 2 aliphatic heterocycles. The molecule has 25 heavy (non-hydrogen) atoms. The Hall–Kier alpha value is -3.23. The first kappa shape index (κ1) is 16.6. The molecule has 0 aromatic heterocycles. The lowest BCUT2D eigenvalue weighted by Gasteiger charge is -2.34. The van der Waals surface area contributed by atoms with E-state index in [0.717, 1.165) is 0 Å².